The number of hydrogen-bond donors (Lipinski definition) is 3. The molecule has 0 aliphatic rings. The summed E-state index contributed by atoms with van der Waals surface area (Å²) in [5.41, 5.74) is 6.31. The van der Waals surface area contributed by atoms with Crippen LogP contribution in [0.4, 0.5) is 4.39 Å². The Morgan fingerprint density at radius 1 is 1.11 bits per heavy atom. The lowest BCUT2D eigenvalue weighted by Gasteiger charge is -2.16. The molecule has 9 heteroatoms. The molecule has 1 atom stereocenters. The van der Waals surface area contributed by atoms with Gasteiger partial charge in [0.05, 0.1) is 0 Å². The number of amides is 2. The lowest BCUT2D eigenvalue weighted by Crippen LogP contribution is -2.41. The fraction of sp³-hybridized carbons (Fsp3) is 0.368. The highest BCUT2D eigenvalue weighted by Crippen LogP contribution is 2.07. The molecule has 2 aromatic rings. The molecule has 1 unspecified atom stereocenters. The van der Waals surface area contributed by atoms with E-state index in [2.05, 4.69) is 27.5 Å². The van der Waals surface area contributed by atoms with Crippen LogP contribution in [0.15, 0.2) is 36.7 Å². The van der Waals surface area contributed by atoms with E-state index < -0.39 is 11.8 Å². The van der Waals surface area contributed by atoms with Gasteiger partial charge in [0.2, 0.25) is 0 Å². The predicted octanol–water partition coefficient (Wildman–Crippen LogP) is 2.21. The van der Waals surface area contributed by atoms with E-state index in [-0.39, 0.29) is 42.2 Å². The van der Waals surface area contributed by atoms with Crippen LogP contribution in [0.3, 0.4) is 0 Å². The molecule has 1 aromatic heterocycles. The van der Waals surface area contributed by atoms with Crippen molar-refractivity contribution in [3.8, 4) is 0 Å². The van der Waals surface area contributed by atoms with Crippen molar-refractivity contribution < 1.29 is 14.0 Å². The van der Waals surface area contributed by atoms with Crippen LogP contribution in [0.25, 0.3) is 0 Å². The van der Waals surface area contributed by atoms with Gasteiger partial charge in [0.15, 0.2) is 11.4 Å². The van der Waals surface area contributed by atoms with Gasteiger partial charge in [0.25, 0.3) is 11.8 Å². The molecule has 2 rings (SSSR count). The summed E-state index contributed by atoms with van der Waals surface area (Å²) in [7, 11) is 0. The number of nitrogens with one attached hydrogen (secondary N) is 2. The zero-order valence-electron chi connectivity index (χ0n) is 15.7. The highest BCUT2D eigenvalue weighted by atomic mass is 35.5. The molecule has 2 amide bonds. The lowest BCUT2D eigenvalue weighted by atomic mass is 10.1. The first-order chi connectivity index (χ1) is 13.0. The standard InChI is InChI=1S/C19H24FN5O2.ClH/c1-2-3-4-15(11-21)25-19(27)17-16(22-9-10-23-17)18(26)24-12-13-5-7-14(20)8-6-13;/h5-10,15H,2-4,11-12,21H2,1H3,(H,24,26)(H,25,27);1H. The summed E-state index contributed by atoms with van der Waals surface area (Å²) >= 11 is 0. The minimum absolute atomic E-state index is 0. The maximum absolute atomic E-state index is 12.9. The molecule has 0 saturated carbocycles. The van der Waals surface area contributed by atoms with Gasteiger partial charge >= 0.3 is 0 Å². The number of unbranched alkanes of at least 4 members (excludes halogenated alkanes) is 1. The number of carbonyl (C=O) groups excluding carboxylic acids is 2. The molecule has 0 aliphatic heterocycles. The highest BCUT2D eigenvalue weighted by Gasteiger charge is 2.21. The van der Waals surface area contributed by atoms with Crippen LogP contribution < -0.4 is 16.4 Å². The molecule has 0 bridgehead atoms. The zero-order valence-corrected chi connectivity index (χ0v) is 16.5. The summed E-state index contributed by atoms with van der Waals surface area (Å²) in [6.45, 7) is 2.54. The Balaban J connectivity index is 0.00000392. The molecule has 1 aromatic carbocycles. The van der Waals surface area contributed by atoms with Crippen molar-refractivity contribution in [2.45, 2.75) is 38.8 Å². The van der Waals surface area contributed by atoms with Crippen LogP contribution in [-0.4, -0.2) is 34.4 Å². The second-order valence-electron chi connectivity index (χ2n) is 6.11. The summed E-state index contributed by atoms with van der Waals surface area (Å²) in [4.78, 5) is 33.0. The predicted molar refractivity (Wildman–Crippen MR) is 107 cm³/mol. The van der Waals surface area contributed by atoms with Gasteiger partial charge in [-0.05, 0) is 24.1 Å². The second-order valence-corrected chi connectivity index (χ2v) is 6.11. The fourth-order valence-electron chi connectivity index (χ4n) is 2.49. The molecular formula is C19H25ClFN5O2. The van der Waals surface area contributed by atoms with E-state index in [0.717, 1.165) is 24.8 Å². The topological polar surface area (TPSA) is 110 Å². The van der Waals surface area contributed by atoms with Crippen molar-refractivity contribution in [1.29, 1.82) is 0 Å². The molecule has 0 saturated heterocycles. The van der Waals surface area contributed by atoms with E-state index in [9.17, 15) is 14.0 Å². The number of hydrogen-bond acceptors (Lipinski definition) is 5. The van der Waals surface area contributed by atoms with Crippen LogP contribution in [0, 0.1) is 5.82 Å². The van der Waals surface area contributed by atoms with Gasteiger partial charge in [0.1, 0.15) is 5.82 Å². The third kappa shape index (κ3) is 6.86. The van der Waals surface area contributed by atoms with E-state index in [1.165, 1.54) is 24.5 Å². The molecule has 0 aliphatic carbocycles. The normalized spacial score (nSPS) is 11.2. The maximum atomic E-state index is 12.9. The summed E-state index contributed by atoms with van der Waals surface area (Å²) in [6.07, 6.45) is 5.39. The number of nitrogens with zero attached hydrogens (tertiary/aromatic N) is 2. The molecule has 7 nitrogen and oxygen atoms in total. The number of aromatic nitrogens is 2. The van der Waals surface area contributed by atoms with Crippen LogP contribution in [-0.2, 0) is 6.54 Å². The van der Waals surface area contributed by atoms with Crippen molar-refractivity contribution in [2.75, 3.05) is 6.54 Å². The molecule has 0 spiro atoms. The van der Waals surface area contributed by atoms with Crippen LogP contribution in [0.1, 0.15) is 52.7 Å². The molecule has 1 heterocycles. The molecule has 0 radical (unpaired) electrons. The Hall–Kier alpha value is -2.58. The number of benzene rings is 1. The van der Waals surface area contributed by atoms with Gasteiger partial charge in [-0.2, -0.15) is 0 Å². The third-order valence-electron chi connectivity index (χ3n) is 4.02. The Bertz CT molecular complexity index is 773. The Morgan fingerprint density at radius 3 is 2.29 bits per heavy atom. The Kier molecular flexibility index (Phi) is 10.0. The first-order valence-electron chi connectivity index (χ1n) is 8.89. The van der Waals surface area contributed by atoms with Gasteiger partial charge in [-0.15, -0.1) is 12.4 Å². The number of nitrogens with two attached hydrogens (primary N) is 1. The first-order valence-corrected chi connectivity index (χ1v) is 8.89. The van der Waals surface area contributed by atoms with Gasteiger partial charge in [0, 0.05) is 31.5 Å². The van der Waals surface area contributed by atoms with Crippen LogP contribution >= 0.6 is 12.4 Å². The fourth-order valence-corrected chi connectivity index (χ4v) is 2.49. The molecule has 152 valence electrons. The lowest BCUT2D eigenvalue weighted by molar-refractivity contribution is 0.0899. The Labute approximate surface area is 169 Å². The molecular weight excluding hydrogens is 385 g/mol. The second kappa shape index (κ2) is 12.0. The van der Waals surface area contributed by atoms with Crippen molar-refractivity contribution in [2.24, 2.45) is 5.73 Å². The number of rotatable bonds is 9. The van der Waals surface area contributed by atoms with Crippen molar-refractivity contribution in [3.63, 3.8) is 0 Å². The van der Waals surface area contributed by atoms with Crippen LogP contribution in [0.2, 0.25) is 0 Å². The molecule has 28 heavy (non-hydrogen) atoms. The van der Waals surface area contributed by atoms with Gasteiger partial charge in [-0.25, -0.2) is 14.4 Å². The average molecular weight is 410 g/mol. The third-order valence-corrected chi connectivity index (χ3v) is 4.02. The zero-order chi connectivity index (χ0) is 19.6. The first kappa shape index (κ1) is 23.5. The number of carbonyl (C=O) groups is 2. The summed E-state index contributed by atoms with van der Waals surface area (Å²) in [6, 6.07) is 5.58. The number of halogens is 2. The molecule has 0 fully saturated rings. The quantitative estimate of drug-likeness (QED) is 0.588. The SMILES string of the molecule is CCCCC(CN)NC(=O)c1nccnc1C(=O)NCc1ccc(F)cc1.Cl. The van der Waals surface area contributed by atoms with E-state index in [1.54, 1.807) is 12.1 Å². The van der Waals surface area contributed by atoms with Crippen LogP contribution in [0.5, 0.6) is 0 Å². The minimum atomic E-state index is -0.532. The van der Waals surface area contributed by atoms with Crippen molar-refractivity contribution >= 4 is 24.2 Å². The van der Waals surface area contributed by atoms with E-state index in [4.69, 9.17) is 5.73 Å². The minimum Gasteiger partial charge on any atom is -0.347 e. The molecule has 4 N–H and O–H groups in total. The van der Waals surface area contributed by atoms with Gasteiger partial charge in [-0.3, -0.25) is 9.59 Å². The largest absolute Gasteiger partial charge is 0.347 e. The Morgan fingerprint density at radius 2 is 1.71 bits per heavy atom. The van der Waals surface area contributed by atoms with Crippen molar-refractivity contribution in [3.05, 3.63) is 59.4 Å². The summed E-state index contributed by atoms with van der Waals surface area (Å²) in [5.74, 6) is -1.37. The summed E-state index contributed by atoms with van der Waals surface area (Å²) in [5, 5.41) is 5.47. The van der Waals surface area contributed by atoms with E-state index >= 15 is 0 Å². The van der Waals surface area contributed by atoms with E-state index in [0.29, 0.717) is 6.54 Å². The van der Waals surface area contributed by atoms with Gasteiger partial charge in [-0.1, -0.05) is 31.9 Å². The van der Waals surface area contributed by atoms with Crippen molar-refractivity contribution in [1.82, 2.24) is 20.6 Å². The highest BCUT2D eigenvalue weighted by molar-refractivity contribution is 6.04. The van der Waals surface area contributed by atoms with E-state index in [1.807, 2.05) is 0 Å². The van der Waals surface area contributed by atoms with Gasteiger partial charge < -0.3 is 16.4 Å². The summed E-state index contributed by atoms with van der Waals surface area (Å²) < 4.78 is 12.9. The monoisotopic (exact) mass is 409 g/mol. The average Bonchev–Trinajstić information content (AvgIpc) is 2.70. The smallest absolute Gasteiger partial charge is 0.272 e. The maximum Gasteiger partial charge on any atom is 0.272 e.